The Morgan fingerprint density at radius 1 is 1.35 bits per heavy atom. The monoisotopic (exact) mass is 343 g/mol. The van der Waals surface area contributed by atoms with Gasteiger partial charge in [-0.2, -0.15) is 0 Å². The maximum Gasteiger partial charge on any atom is 0.119 e. The van der Waals surface area contributed by atoms with Gasteiger partial charge in [-0.1, -0.05) is 25.0 Å². The Hall–Kier alpha value is -0.580. The van der Waals surface area contributed by atoms with Crippen LogP contribution in [-0.4, -0.2) is 37.8 Å². The third kappa shape index (κ3) is 3.74. The molecule has 1 aliphatic rings. The minimum absolute atomic E-state index is 0. The normalized spacial score (nSPS) is 26.1. The molecular weight excluding hydrogens is 318 g/mol. The van der Waals surface area contributed by atoms with E-state index >= 15 is 0 Å². The van der Waals surface area contributed by atoms with Crippen LogP contribution in [0.15, 0.2) is 24.3 Å². The Kier molecular flexibility index (Phi) is 6.49. The topological polar surface area (TPSA) is 32.7 Å². The zero-order valence-corrected chi connectivity index (χ0v) is 14.3. The summed E-state index contributed by atoms with van der Waals surface area (Å²) in [7, 11) is 5.81. The molecule has 1 fully saturated rings. The zero-order chi connectivity index (χ0) is 13.9. The summed E-state index contributed by atoms with van der Waals surface area (Å²) in [6, 6.07) is 7.90. The van der Waals surface area contributed by atoms with Gasteiger partial charge in [0.2, 0.25) is 0 Å². The fourth-order valence-corrected chi connectivity index (χ4v) is 3.18. The summed E-state index contributed by atoms with van der Waals surface area (Å²) in [6.07, 6.45) is 4.24. The summed E-state index contributed by atoms with van der Waals surface area (Å²) in [5.41, 5.74) is 0.287. The van der Waals surface area contributed by atoms with Gasteiger partial charge in [-0.05, 0) is 44.6 Å². The Morgan fingerprint density at radius 2 is 2.10 bits per heavy atom. The molecule has 2 rings (SSSR count). The number of aliphatic hydroxyl groups is 1. The highest BCUT2D eigenvalue weighted by atomic mass is 79.9. The van der Waals surface area contributed by atoms with Crippen molar-refractivity contribution in [2.24, 2.45) is 5.92 Å². The van der Waals surface area contributed by atoms with E-state index in [0.29, 0.717) is 5.92 Å². The quantitative estimate of drug-likeness (QED) is 0.910. The lowest BCUT2D eigenvalue weighted by Crippen LogP contribution is -2.43. The Balaban J connectivity index is 0.00000200. The molecule has 2 atom stereocenters. The van der Waals surface area contributed by atoms with Crippen molar-refractivity contribution in [3.8, 4) is 5.75 Å². The van der Waals surface area contributed by atoms with Crippen molar-refractivity contribution in [2.75, 3.05) is 27.7 Å². The molecule has 1 aromatic carbocycles. The van der Waals surface area contributed by atoms with Gasteiger partial charge in [0.1, 0.15) is 5.75 Å². The molecule has 1 aromatic rings. The molecule has 0 unspecified atom stereocenters. The van der Waals surface area contributed by atoms with E-state index < -0.39 is 5.60 Å². The van der Waals surface area contributed by atoms with Crippen LogP contribution in [0.3, 0.4) is 0 Å². The summed E-state index contributed by atoms with van der Waals surface area (Å²) in [4.78, 5) is 2.17. The van der Waals surface area contributed by atoms with Crippen LogP contribution in [0, 0.1) is 5.92 Å². The van der Waals surface area contributed by atoms with Crippen LogP contribution >= 0.6 is 17.0 Å². The summed E-state index contributed by atoms with van der Waals surface area (Å²) in [5.74, 6) is 1.11. The van der Waals surface area contributed by atoms with Crippen molar-refractivity contribution in [2.45, 2.75) is 31.3 Å². The van der Waals surface area contributed by atoms with E-state index in [-0.39, 0.29) is 17.0 Å². The molecule has 1 saturated carbocycles. The molecule has 0 spiro atoms. The molecule has 0 saturated heterocycles. The first kappa shape index (κ1) is 17.5. The van der Waals surface area contributed by atoms with E-state index in [1.165, 1.54) is 6.42 Å². The SMILES string of the molecule is Br.COc1cccc([C@@]2(O)CCCC[C@@H]2CN(C)C)c1. The summed E-state index contributed by atoms with van der Waals surface area (Å²) in [5, 5.41) is 11.2. The fraction of sp³-hybridized carbons (Fsp3) is 0.625. The number of nitrogens with zero attached hydrogens (tertiary/aromatic N) is 1. The number of methoxy groups -OCH3 is 1. The van der Waals surface area contributed by atoms with E-state index in [0.717, 1.165) is 37.1 Å². The highest BCUT2D eigenvalue weighted by Gasteiger charge is 2.40. The van der Waals surface area contributed by atoms with Crippen LogP contribution < -0.4 is 4.74 Å². The van der Waals surface area contributed by atoms with Crippen LogP contribution in [0.25, 0.3) is 0 Å². The molecule has 1 aliphatic carbocycles. The minimum atomic E-state index is -0.711. The molecule has 0 aromatic heterocycles. The number of hydrogen-bond acceptors (Lipinski definition) is 3. The molecule has 114 valence electrons. The van der Waals surface area contributed by atoms with E-state index in [4.69, 9.17) is 4.74 Å². The van der Waals surface area contributed by atoms with Gasteiger partial charge >= 0.3 is 0 Å². The maximum absolute atomic E-state index is 11.2. The van der Waals surface area contributed by atoms with Crippen LogP contribution in [0.1, 0.15) is 31.2 Å². The smallest absolute Gasteiger partial charge is 0.119 e. The van der Waals surface area contributed by atoms with E-state index in [9.17, 15) is 5.11 Å². The Labute approximate surface area is 132 Å². The second-order valence-corrected chi connectivity index (χ2v) is 5.86. The van der Waals surface area contributed by atoms with Crippen LogP contribution in [-0.2, 0) is 5.60 Å². The minimum Gasteiger partial charge on any atom is -0.497 e. The fourth-order valence-electron chi connectivity index (χ4n) is 3.18. The van der Waals surface area contributed by atoms with Gasteiger partial charge in [0, 0.05) is 12.5 Å². The average molecular weight is 344 g/mol. The first-order chi connectivity index (χ1) is 9.06. The predicted octanol–water partition coefficient (Wildman–Crippen LogP) is 3.21. The molecule has 4 heteroatoms. The van der Waals surface area contributed by atoms with Crippen LogP contribution in [0.5, 0.6) is 5.75 Å². The first-order valence-electron chi connectivity index (χ1n) is 7.08. The number of benzene rings is 1. The van der Waals surface area contributed by atoms with Gasteiger partial charge in [0.05, 0.1) is 12.7 Å². The molecular formula is C16H26BrNO2. The number of hydrogen-bond donors (Lipinski definition) is 1. The van der Waals surface area contributed by atoms with Gasteiger partial charge in [0.25, 0.3) is 0 Å². The number of rotatable bonds is 4. The van der Waals surface area contributed by atoms with Crippen molar-refractivity contribution in [3.05, 3.63) is 29.8 Å². The van der Waals surface area contributed by atoms with Gasteiger partial charge < -0.3 is 14.7 Å². The van der Waals surface area contributed by atoms with Gasteiger partial charge in [-0.3, -0.25) is 0 Å². The summed E-state index contributed by atoms with van der Waals surface area (Å²) < 4.78 is 5.29. The molecule has 0 bridgehead atoms. The Bertz CT molecular complexity index is 425. The lowest BCUT2D eigenvalue weighted by atomic mass is 9.71. The average Bonchev–Trinajstić information content (AvgIpc) is 2.41. The molecule has 3 nitrogen and oxygen atoms in total. The molecule has 20 heavy (non-hydrogen) atoms. The van der Waals surface area contributed by atoms with Gasteiger partial charge in [0.15, 0.2) is 0 Å². The zero-order valence-electron chi connectivity index (χ0n) is 12.6. The third-order valence-electron chi connectivity index (χ3n) is 4.19. The van der Waals surface area contributed by atoms with Crippen molar-refractivity contribution in [1.82, 2.24) is 4.90 Å². The van der Waals surface area contributed by atoms with E-state index in [2.05, 4.69) is 19.0 Å². The van der Waals surface area contributed by atoms with Crippen molar-refractivity contribution in [3.63, 3.8) is 0 Å². The molecule has 0 amide bonds. The third-order valence-corrected chi connectivity index (χ3v) is 4.19. The lowest BCUT2D eigenvalue weighted by molar-refractivity contribution is -0.0619. The lowest BCUT2D eigenvalue weighted by Gasteiger charge is -2.41. The van der Waals surface area contributed by atoms with Crippen LogP contribution in [0.4, 0.5) is 0 Å². The summed E-state index contributed by atoms with van der Waals surface area (Å²) in [6.45, 7) is 0.924. The van der Waals surface area contributed by atoms with Crippen molar-refractivity contribution >= 4 is 17.0 Å². The molecule has 0 aliphatic heterocycles. The maximum atomic E-state index is 11.2. The molecule has 0 radical (unpaired) electrons. The highest BCUT2D eigenvalue weighted by Crippen LogP contribution is 2.42. The molecule has 0 heterocycles. The second-order valence-electron chi connectivity index (χ2n) is 5.86. The van der Waals surface area contributed by atoms with E-state index in [1.807, 2.05) is 24.3 Å². The van der Waals surface area contributed by atoms with Crippen LogP contribution in [0.2, 0.25) is 0 Å². The first-order valence-corrected chi connectivity index (χ1v) is 7.08. The predicted molar refractivity (Wildman–Crippen MR) is 87.7 cm³/mol. The second kappa shape index (κ2) is 7.43. The molecule has 1 N–H and O–H groups in total. The Morgan fingerprint density at radius 3 is 2.75 bits per heavy atom. The van der Waals surface area contributed by atoms with Crippen molar-refractivity contribution in [1.29, 1.82) is 0 Å². The van der Waals surface area contributed by atoms with E-state index in [1.54, 1.807) is 7.11 Å². The highest BCUT2D eigenvalue weighted by molar-refractivity contribution is 8.93. The van der Waals surface area contributed by atoms with Gasteiger partial charge in [-0.15, -0.1) is 17.0 Å². The summed E-state index contributed by atoms with van der Waals surface area (Å²) >= 11 is 0. The number of ether oxygens (including phenoxy) is 1. The standard InChI is InChI=1S/C16H25NO2.BrH/c1-17(2)12-14-7-4-5-10-16(14,18)13-8-6-9-15(11-13)19-3;/h6,8-9,11,14,18H,4-5,7,10,12H2,1-3H3;1H/t14-,16+;/m1./s1. The number of halogens is 1. The van der Waals surface area contributed by atoms with Crippen molar-refractivity contribution < 1.29 is 9.84 Å². The largest absolute Gasteiger partial charge is 0.497 e. The van der Waals surface area contributed by atoms with Gasteiger partial charge in [-0.25, -0.2) is 0 Å².